The van der Waals surface area contributed by atoms with Crippen LogP contribution in [0.25, 0.3) is 0 Å². The van der Waals surface area contributed by atoms with Gasteiger partial charge in [-0.15, -0.1) is 0 Å². The van der Waals surface area contributed by atoms with Crippen molar-refractivity contribution in [2.75, 3.05) is 6.54 Å². The van der Waals surface area contributed by atoms with Crippen molar-refractivity contribution in [1.29, 1.82) is 5.26 Å². The van der Waals surface area contributed by atoms with E-state index in [0.29, 0.717) is 29.8 Å². The molecule has 0 spiro atoms. The predicted molar refractivity (Wildman–Crippen MR) is 107 cm³/mol. The maximum atomic E-state index is 12.4. The lowest BCUT2D eigenvalue weighted by atomic mass is 10.1. The molecule has 1 aliphatic rings. The Morgan fingerprint density at radius 3 is 2.28 bits per heavy atom. The molecule has 6 heteroatoms. The fraction of sp³-hybridized carbons (Fsp3) is 0.217. The van der Waals surface area contributed by atoms with Crippen LogP contribution in [0.4, 0.5) is 0 Å². The first kappa shape index (κ1) is 18.6. The molecular weight excluding hydrogens is 364 g/mol. The first-order valence-corrected chi connectivity index (χ1v) is 9.60. The molecule has 0 N–H and O–H groups in total. The number of benzene rings is 2. The Bertz CT molecular complexity index is 1060. The Balaban J connectivity index is 1.31. The fourth-order valence-electron chi connectivity index (χ4n) is 3.60. The van der Waals surface area contributed by atoms with Crippen LogP contribution < -0.4 is 0 Å². The van der Waals surface area contributed by atoms with Gasteiger partial charge in [-0.2, -0.15) is 5.26 Å². The zero-order valence-electron chi connectivity index (χ0n) is 15.9. The van der Waals surface area contributed by atoms with E-state index in [4.69, 9.17) is 5.26 Å². The van der Waals surface area contributed by atoms with Crippen LogP contribution in [0, 0.1) is 11.3 Å². The lowest BCUT2D eigenvalue weighted by molar-refractivity contribution is 0.0652. The van der Waals surface area contributed by atoms with E-state index < -0.39 is 0 Å². The molecule has 6 nitrogen and oxygen atoms in total. The molecule has 0 aliphatic carbocycles. The summed E-state index contributed by atoms with van der Waals surface area (Å²) in [6.45, 7) is 1.12. The van der Waals surface area contributed by atoms with E-state index in [1.807, 2.05) is 30.5 Å². The molecule has 0 unspecified atom stereocenters. The molecule has 4 rings (SSSR count). The summed E-state index contributed by atoms with van der Waals surface area (Å²) in [5, 5.41) is 8.90. The van der Waals surface area contributed by atoms with Crippen molar-refractivity contribution in [3.63, 3.8) is 0 Å². The fourth-order valence-corrected chi connectivity index (χ4v) is 3.60. The molecule has 2 aromatic carbocycles. The van der Waals surface area contributed by atoms with Crippen molar-refractivity contribution < 1.29 is 9.59 Å². The first-order chi connectivity index (χ1) is 14.2. The van der Waals surface area contributed by atoms with Gasteiger partial charge in [-0.25, -0.2) is 4.98 Å². The second kappa shape index (κ2) is 8.11. The third-order valence-corrected chi connectivity index (χ3v) is 5.18. The van der Waals surface area contributed by atoms with Crippen molar-refractivity contribution in [1.82, 2.24) is 14.5 Å². The smallest absolute Gasteiger partial charge is 0.261 e. The highest BCUT2D eigenvalue weighted by Crippen LogP contribution is 2.22. The lowest BCUT2D eigenvalue weighted by Gasteiger charge is -2.14. The predicted octanol–water partition coefficient (Wildman–Crippen LogP) is 3.42. The molecule has 0 saturated heterocycles. The van der Waals surface area contributed by atoms with Crippen molar-refractivity contribution in [3.8, 4) is 6.07 Å². The second-order valence-corrected chi connectivity index (χ2v) is 7.09. The van der Waals surface area contributed by atoms with Gasteiger partial charge in [0, 0.05) is 25.0 Å². The highest BCUT2D eigenvalue weighted by atomic mass is 16.2. The number of rotatable bonds is 7. The summed E-state index contributed by atoms with van der Waals surface area (Å²) < 4.78 is 2.09. The third-order valence-electron chi connectivity index (χ3n) is 5.18. The molecule has 1 aromatic heterocycles. The number of imidazole rings is 1. The number of amides is 2. The minimum Gasteiger partial charge on any atom is -0.330 e. The zero-order chi connectivity index (χ0) is 20.2. The van der Waals surface area contributed by atoms with Gasteiger partial charge in [0.15, 0.2) is 0 Å². The number of carbonyl (C=O) groups is 2. The van der Waals surface area contributed by atoms with Crippen molar-refractivity contribution in [2.24, 2.45) is 0 Å². The molecule has 0 atom stereocenters. The topological polar surface area (TPSA) is 79.0 Å². The van der Waals surface area contributed by atoms with Gasteiger partial charge in [0.25, 0.3) is 11.8 Å². The van der Waals surface area contributed by atoms with Crippen LogP contribution in [0.2, 0.25) is 0 Å². The van der Waals surface area contributed by atoms with Crippen LogP contribution in [0.5, 0.6) is 0 Å². The highest BCUT2D eigenvalue weighted by Gasteiger charge is 2.34. The van der Waals surface area contributed by atoms with Gasteiger partial charge < -0.3 is 4.57 Å². The van der Waals surface area contributed by atoms with Crippen LogP contribution in [-0.4, -0.2) is 32.8 Å². The first-order valence-electron chi connectivity index (χ1n) is 9.60. The standard InChI is InChI=1S/C23H20N4O2/c24-13-17-8-10-18(11-9-17)15-26-16-25-14-19(26)5-3-4-12-27-22(28)20-6-1-2-7-21(20)23(27)29/h1-2,6-11,14,16H,3-5,12,15H2. The maximum absolute atomic E-state index is 12.4. The van der Waals surface area contributed by atoms with Crippen LogP contribution >= 0.6 is 0 Å². The molecule has 0 saturated carbocycles. The second-order valence-electron chi connectivity index (χ2n) is 7.09. The van der Waals surface area contributed by atoms with Gasteiger partial charge in [-0.1, -0.05) is 24.3 Å². The van der Waals surface area contributed by atoms with E-state index in [9.17, 15) is 9.59 Å². The quantitative estimate of drug-likeness (QED) is 0.462. The number of carbonyl (C=O) groups excluding carboxylic acids is 2. The number of nitriles is 1. The number of aromatic nitrogens is 2. The summed E-state index contributed by atoms with van der Waals surface area (Å²) in [7, 11) is 0. The van der Waals surface area contributed by atoms with E-state index >= 15 is 0 Å². The zero-order valence-corrected chi connectivity index (χ0v) is 15.9. The summed E-state index contributed by atoms with van der Waals surface area (Å²) in [4.78, 5) is 30.4. The number of nitrogens with zero attached hydrogens (tertiary/aromatic N) is 4. The van der Waals surface area contributed by atoms with E-state index in [1.54, 1.807) is 30.6 Å². The van der Waals surface area contributed by atoms with Gasteiger partial charge in [-0.3, -0.25) is 14.5 Å². The summed E-state index contributed by atoms with van der Waals surface area (Å²) in [5.41, 5.74) is 3.86. The molecule has 0 radical (unpaired) electrons. The summed E-state index contributed by atoms with van der Waals surface area (Å²) in [5.74, 6) is -0.395. The van der Waals surface area contributed by atoms with Crippen LogP contribution in [0.15, 0.2) is 61.1 Å². The molecule has 3 aromatic rings. The third kappa shape index (κ3) is 3.81. The van der Waals surface area contributed by atoms with Crippen molar-refractivity contribution >= 4 is 11.8 Å². The van der Waals surface area contributed by atoms with Crippen LogP contribution in [-0.2, 0) is 13.0 Å². The number of hydrogen-bond donors (Lipinski definition) is 0. The molecule has 2 heterocycles. The van der Waals surface area contributed by atoms with Crippen LogP contribution in [0.3, 0.4) is 0 Å². The van der Waals surface area contributed by atoms with Gasteiger partial charge in [0.2, 0.25) is 0 Å². The summed E-state index contributed by atoms with van der Waals surface area (Å²) in [6, 6.07) is 16.6. The molecule has 2 amide bonds. The largest absolute Gasteiger partial charge is 0.330 e. The number of unbranched alkanes of at least 4 members (excludes halogenated alkanes) is 1. The van der Waals surface area contributed by atoms with Gasteiger partial charge >= 0.3 is 0 Å². The Kier molecular flexibility index (Phi) is 5.21. The molecule has 29 heavy (non-hydrogen) atoms. The minimum absolute atomic E-state index is 0.198. The Morgan fingerprint density at radius 2 is 1.62 bits per heavy atom. The molecule has 0 bridgehead atoms. The normalized spacial score (nSPS) is 12.9. The van der Waals surface area contributed by atoms with E-state index in [-0.39, 0.29) is 11.8 Å². The Hall–Kier alpha value is -3.72. The Labute approximate surface area is 169 Å². The number of imide groups is 1. The number of fused-ring (bicyclic) bond motifs is 1. The van der Waals surface area contributed by atoms with E-state index in [1.165, 1.54) is 4.90 Å². The molecule has 1 aliphatic heterocycles. The van der Waals surface area contributed by atoms with E-state index in [2.05, 4.69) is 15.6 Å². The monoisotopic (exact) mass is 384 g/mol. The average molecular weight is 384 g/mol. The molecule has 0 fully saturated rings. The average Bonchev–Trinajstić information content (AvgIpc) is 3.29. The minimum atomic E-state index is -0.198. The van der Waals surface area contributed by atoms with Gasteiger partial charge in [-0.05, 0) is 49.1 Å². The van der Waals surface area contributed by atoms with Crippen molar-refractivity contribution in [3.05, 3.63) is 89.0 Å². The van der Waals surface area contributed by atoms with E-state index in [0.717, 1.165) is 30.5 Å². The number of aryl methyl sites for hydroxylation is 1. The van der Waals surface area contributed by atoms with Crippen LogP contribution in [0.1, 0.15) is 50.4 Å². The molecule has 144 valence electrons. The SMILES string of the molecule is N#Cc1ccc(Cn2cncc2CCCCN2C(=O)c3ccccc3C2=O)cc1. The highest BCUT2D eigenvalue weighted by molar-refractivity contribution is 6.21. The molecular formula is C23H20N4O2. The summed E-state index contributed by atoms with van der Waals surface area (Å²) in [6.07, 6.45) is 6.07. The number of hydrogen-bond acceptors (Lipinski definition) is 4. The summed E-state index contributed by atoms with van der Waals surface area (Å²) >= 11 is 0. The Morgan fingerprint density at radius 1 is 0.931 bits per heavy atom. The maximum Gasteiger partial charge on any atom is 0.261 e. The van der Waals surface area contributed by atoms with Gasteiger partial charge in [0.05, 0.1) is 29.1 Å². The van der Waals surface area contributed by atoms with Gasteiger partial charge in [0.1, 0.15) is 0 Å². The van der Waals surface area contributed by atoms with Crippen molar-refractivity contribution in [2.45, 2.75) is 25.8 Å². The lowest BCUT2D eigenvalue weighted by Crippen LogP contribution is -2.30.